The Morgan fingerprint density at radius 1 is 1.30 bits per heavy atom. The van der Waals surface area contributed by atoms with E-state index in [1.165, 1.54) is 12.1 Å². The van der Waals surface area contributed by atoms with Crippen LogP contribution in [0.15, 0.2) is 18.2 Å². The summed E-state index contributed by atoms with van der Waals surface area (Å²) in [6.45, 7) is 7.47. The molecule has 2 aromatic rings. The predicted octanol–water partition coefficient (Wildman–Crippen LogP) is 3.58. The van der Waals surface area contributed by atoms with Crippen LogP contribution in [0.4, 0.5) is 4.39 Å². The van der Waals surface area contributed by atoms with Crippen molar-refractivity contribution in [1.82, 2.24) is 9.55 Å². The molecule has 1 aromatic heterocycles. The summed E-state index contributed by atoms with van der Waals surface area (Å²) in [5.41, 5.74) is 1.40. The van der Waals surface area contributed by atoms with E-state index < -0.39 is 11.9 Å². The van der Waals surface area contributed by atoms with Crippen molar-refractivity contribution in [2.45, 2.75) is 39.7 Å². The summed E-state index contributed by atoms with van der Waals surface area (Å²) in [5, 5.41) is 9.17. The van der Waals surface area contributed by atoms with Gasteiger partial charge < -0.3 is 9.67 Å². The number of rotatable bonds is 4. The quantitative estimate of drug-likeness (QED) is 0.930. The van der Waals surface area contributed by atoms with E-state index in [2.05, 4.69) is 4.98 Å². The number of benzene rings is 1. The van der Waals surface area contributed by atoms with Crippen LogP contribution in [0.5, 0.6) is 0 Å². The van der Waals surface area contributed by atoms with Gasteiger partial charge in [-0.05, 0) is 32.0 Å². The Hall–Kier alpha value is -1.91. The molecule has 0 bridgehead atoms. The molecule has 4 nitrogen and oxygen atoms in total. The Morgan fingerprint density at radius 2 is 1.95 bits per heavy atom. The van der Waals surface area contributed by atoms with Gasteiger partial charge in [0.15, 0.2) is 0 Å². The Balaban J connectivity index is 2.63. The van der Waals surface area contributed by atoms with Gasteiger partial charge in [0.05, 0.1) is 17.0 Å². The molecule has 0 amide bonds. The summed E-state index contributed by atoms with van der Waals surface area (Å²) < 4.78 is 15.4. The number of hydrogen-bond donors (Lipinski definition) is 1. The van der Waals surface area contributed by atoms with Gasteiger partial charge in [0, 0.05) is 12.0 Å². The van der Waals surface area contributed by atoms with E-state index in [0.29, 0.717) is 16.9 Å². The summed E-state index contributed by atoms with van der Waals surface area (Å²) in [5.74, 6) is -1.27. The van der Waals surface area contributed by atoms with Crippen molar-refractivity contribution in [1.29, 1.82) is 0 Å². The molecule has 0 saturated heterocycles. The monoisotopic (exact) mass is 278 g/mol. The van der Waals surface area contributed by atoms with Crippen molar-refractivity contribution >= 4 is 17.0 Å². The second-order valence-electron chi connectivity index (χ2n) is 5.48. The van der Waals surface area contributed by atoms with E-state index in [1.807, 2.05) is 25.3 Å². The van der Waals surface area contributed by atoms with Crippen molar-refractivity contribution < 1.29 is 14.3 Å². The van der Waals surface area contributed by atoms with E-state index in [-0.39, 0.29) is 17.8 Å². The van der Waals surface area contributed by atoms with Gasteiger partial charge in [-0.25, -0.2) is 9.37 Å². The Kier molecular flexibility index (Phi) is 3.79. The van der Waals surface area contributed by atoms with Gasteiger partial charge >= 0.3 is 5.97 Å². The van der Waals surface area contributed by atoms with Crippen molar-refractivity contribution in [3.05, 3.63) is 29.8 Å². The molecule has 0 aliphatic carbocycles. The molecule has 108 valence electrons. The maximum Gasteiger partial charge on any atom is 0.306 e. The zero-order chi connectivity index (χ0) is 15.0. The second kappa shape index (κ2) is 5.23. The lowest BCUT2D eigenvalue weighted by atomic mass is 9.95. The lowest BCUT2D eigenvalue weighted by Gasteiger charge is -2.20. The maximum atomic E-state index is 13.4. The summed E-state index contributed by atoms with van der Waals surface area (Å²) >= 11 is 0. The number of nitrogens with zero attached hydrogens (tertiary/aromatic N) is 2. The van der Waals surface area contributed by atoms with Crippen LogP contribution in [0.25, 0.3) is 11.0 Å². The highest BCUT2D eigenvalue weighted by molar-refractivity contribution is 5.77. The zero-order valence-electron chi connectivity index (χ0n) is 12.1. The number of aromatic nitrogens is 2. The van der Waals surface area contributed by atoms with Gasteiger partial charge in [-0.1, -0.05) is 13.8 Å². The van der Waals surface area contributed by atoms with E-state index in [0.717, 1.165) is 0 Å². The topological polar surface area (TPSA) is 55.1 Å². The van der Waals surface area contributed by atoms with E-state index in [4.69, 9.17) is 5.11 Å². The lowest BCUT2D eigenvalue weighted by Crippen LogP contribution is -2.20. The summed E-state index contributed by atoms with van der Waals surface area (Å²) in [7, 11) is 0. The standard InChI is InChI=1S/C15H19FN2O2/c1-8(2)18-13-7-11(16)5-6-12(13)17-14(18)9(3)10(4)15(19)20/h5-10H,1-4H3,(H,19,20). The molecule has 0 fully saturated rings. The van der Waals surface area contributed by atoms with E-state index in [9.17, 15) is 9.18 Å². The normalized spacial score (nSPS) is 14.7. The third-order valence-electron chi connectivity index (χ3n) is 3.74. The fourth-order valence-electron chi connectivity index (χ4n) is 2.39. The molecule has 0 aliphatic rings. The molecule has 1 aromatic carbocycles. The van der Waals surface area contributed by atoms with Crippen LogP contribution in [0.3, 0.4) is 0 Å². The first kappa shape index (κ1) is 14.5. The first-order chi connectivity index (χ1) is 9.32. The van der Waals surface area contributed by atoms with Gasteiger partial charge in [0.25, 0.3) is 0 Å². The van der Waals surface area contributed by atoms with Gasteiger partial charge in [-0.15, -0.1) is 0 Å². The summed E-state index contributed by atoms with van der Waals surface area (Å²) in [6, 6.07) is 4.53. The molecule has 2 unspecified atom stereocenters. The third-order valence-corrected chi connectivity index (χ3v) is 3.74. The van der Waals surface area contributed by atoms with Gasteiger partial charge in [0.1, 0.15) is 11.6 Å². The average molecular weight is 278 g/mol. The van der Waals surface area contributed by atoms with Crippen LogP contribution in [0, 0.1) is 11.7 Å². The highest BCUT2D eigenvalue weighted by Gasteiger charge is 2.27. The van der Waals surface area contributed by atoms with E-state index >= 15 is 0 Å². The Morgan fingerprint density at radius 3 is 2.50 bits per heavy atom. The van der Waals surface area contributed by atoms with Gasteiger partial charge in [0.2, 0.25) is 0 Å². The Bertz CT molecular complexity index is 649. The average Bonchev–Trinajstić information content (AvgIpc) is 2.75. The number of fused-ring (bicyclic) bond motifs is 1. The molecular formula is C15H19FN2O2. The number of imidazole rings is 1. The molecule has 1 heterocycles. The number of carbonyl (C=O) groups is 1. The number of carboxylic acids is 1. The summed E-state index contributed by atoms with van der Waals surface area (Å²) in [4.78, 5) is 15.7. The minimum absolute atomic E-state index is 0.0836. The molecule has 2 atom stereocenters. The van der Waals surface area contributed by atoms with Crippen LogP contribution < -0.4 is 0 Å². The minimum Gasteiger partial charge on any atom is -0.481 e. The minimum atomic E-state index is -0.856. The highest BCUT2D eigenvalue weighted by atomic mass is 19.1. The van der Waals surface area contributed by atoms with Crippen LogP contribution in [0.1, 0.15) is 45.5 Å². The third kappa shape index (κ3) is 2.40. The van der Waals surface area contributed by atoms with Crippen LogP contribution in [-0.4, -0.2) is 20.6 Å². The molecule has 0 aliphatic heterocycles. The zero-order valence-corrected chi connectivity index (χ0v) is 12.1. The number of carboxylic acid groups (broad SMARTS) is 1. The largest absolute Gasteiger partial charge is 0.481 e. The molecule has 5 heteroatoms. The fraction of sp³-hybridized carbons (Fsp3) is 0.467. The van der Waals surface area contributed by atoms with Crippen LogP contribution in [0.2, 0.25) is 0 Å². The second-order valence-corrected chi connectivity index (χ2v) is 5.48. The molecule has 0 spiro atoms. The van der Waals surface area contributed by atoms with E-state index in [1.54, 1.807) is 13.0 Å². The van der Waals surface area contributed by atoms with Crippen molar-refractivity contribution in [2.24, 2.45) is 5.92 Å². The first-order valence-electron chi connectivity index (χ1n) is 6.73. The fourth-order valence-corrected chi connectivity index (χ4v) is 2.39. The molecule has 20 heavy (non-hydrogen) atoms. The SMILES string of the molecule is CC(C(=O)O)C(C)c1nc2ccc(F)cc2n1C(C)C. The van der Waals surface area contributed by atoms with Crippen LogP contribution in [-0.2, 0) is 4.79 Å². The van der Waals surface area contributed by atoms with Crippen molar-refractivity contribution in [3.8, 4) is 0 Å². The summed E-state index contributed by atoms with van der Waals surface area (Å²) in [6.07, 6.45) is 0. The van der Waals surface area contributed by atoms with Crippen molar-refractivity contribution in [2.75, 3.05) is 0 Å². The van der Waals surface area contributed by atoms with Crippen molar-refractivity contribution in [3.63, 3.8) is 0 Å². The molecule has 0 saturated carbocycles. The molecule has 1 N–H and O–H groups in total. The maximum absolute atomic E-state index is 13.4. The molecule has 0 radical (unpaired) electrons. The Labute approximate surface area is 117 Å². The van der Waals surface area contributed by atoms with Gasteiger partial charge in [-0.3, -0.25) is 4.79 Å². The smallest absolute Gasteiger partial charge is 0.306 e. The molecular weight excluding hydrogens is 259 g/mol. The highest BCUT2D eigenvalue weighted by Crippen LogP contribution is 2.30. The first-order valence-corrected chi connectivity index (χ1v) is 6.73. The number of halogens is 1. The predicted molar refractivity (Wildman–Crippen MR) is 75.3 cm³/mol. The number of hydrogen-bond acceptors (Lipinski definition) is 2. The van der Waals surface area contributed by atoms with Crippen LogP contribution >= 0.6 is 0 Å². The number of aliphatic carboxylic acids is 1. The molecule has 2 rings (SSSR count). The lowest BCUT2D eigenvalue weighted by molar-refractivity contribution is -0.141. The van der Waals surface area contributed by atoms with Gasteiger partial charge in [-0.2, -0.15) is 0 Å².